The lowest BCUT2D eigenvalue weighted by atomic mass is 10.6. The fraction of sp³-hybridized carbons (Fsp3) is 0.400. The van der Waals surface area contributed by atoms with E-state index in [1.165, 1.54) is 6.26 Å². The summed E-state index contributed by atoms with van der Waals surface area (Å²) in [6, 6.07) is 0. The average Bonchev–Trinajstić information content (AvgIpc) is 2.34. The molecular formula is C5H5FINO. The Morgan fingerprint density at radius 1 is 1.78 bits per heavy atom. The van der Waals surface area contributed by atoms with E-state index in [-0.39, 0.29) is 5.89 Å². The molecule has 2 nitrogen and oxygen atoms in total. The molecule has 50 valence electrons. The summed E-state index contributed by atoms with van der Waals surface area (Å²) in [7, 11) is 0. The molecule has 0 spiro atoms. The van der Waals surface area contributed by atoms with Crippen molar-refractivity contribution in [3.05, 3.63) is 17.8 Å². The topological polar surface area (TPSA) is 26.0 Å². The number of rotatable bonds is 2. The lowest BCUT2D eigenvalue weighted by Crippen LogP contribution is -1.78. The van der Waals surface area contributed by atoms with Gasteiger partial charge in [0.25, 0.3) is 0 Å². The van der Waals surface area contributed by atoms with Crippen molar-refractivity contribution in [2.45, 2.75) is 11.1 Å². The molecule has 1 aromatic rings. The summed E-state index contributed by atoms with van der Waals surface area (Å²) in [5, 5.41) is 0. The van der Waals surface area contributed by atoms with Gasteiger partial charge in [-0.2, -0.15) is 0 Å². The van der Waals surface area contributed by atoms with Crippen molar-refractivity contribution in [2.75, 3.05) is 0 Å². The van der Waals surface area contributed by atoms with Gasteiger partial charge in [0.05, 0.1) is 5.69 Å². The number of nitrogens with zero attached hydrogens (tertiary/aromatic N) is 1. The molecule has 0 radical (unpaired) electrons. The lowest BCUT2D eigenvalue weighted by molar-refractivity contribution is 0.380. The molecule has 0 saturated carbocycles. The van der Waals surface area contributed by atoms with Crippen LogP contribution in [0.5, 0.6) is 0 Å². The third-order valence-corrected chi connectivity index (χ3v) is 1.63. The van der Waals surface area contributed by atoms with Gasteiger partial charge in [-0.25, -0.2) is 9.37 Å². The maximum Gasteiger partial charge on any atom is 0.225 e. The van der Waals surface area contributed by atoms with Gasteiger partial charge in [-0.05, 0) is 0 Å². The molecule has 0 aromatic carbocycles. The lowest BCUT2D eigenvalue weighted by Gasteiger charge is -1.78. The second-order valence-corrected chi connectivity index (χ2v) is 2.26. The Bertz CT molecular complexity index is 170. The van der Waals surface area contributed by atoms with Crippen molar-refractivity contribution in [3.63, 3.8) is 0 Å². The predicted molar refractivity (Wildman–Crippen MR) is 39.0 cm³/mol. The third-order valence-electron chi connectivity index (χ3n) is 0.851. The van der Waals surface area contributed by atoms with Crippen molar-refractivity contribution in [2.24, 2.45) is 0 Å². The standard InChI is InChI=1S/C5H5FINO/c6-1-5-8-4(2-7)3-9-5/h3H,1-2H2. The van der Waals surface area contributed by atoms with E-state index in [1.807, 2.05) is 0 Å². The molecule has 0 unspecified atom stereocenters. The van der Waals surface area contributed by atoms with E-state index in [2.05, 4.69) is 27.6 Å². The molecule has 0 atom stereocenters. The van der Waals surface area contributed by atoms with Crippen molar-refractivity contribution in [1.29, 1.82) is 0 Å². The third kappa shape index (κ3) is 1.64. The van der Waals surface area contributed by atoms with Crippen molar-refractivity contribution in [3.8, 4) is 0 Å². The number of oxazole rings is 1. The number of hydrogen-bond acceptors (Lipinski definition) is 2. The first-order valence-corrected chi connectivity index (χ1v) is 3.94. The fourth-order valence-electron chi connectivity index (χ4n) is 0.472. The Kier molecular flexibility index (Phi) is 2.44. The molecule has 1 rings (SSSR count). The van der Waals surface area contributed by atoms with Crippen molar-refractivity contribution in [1.82, 2.24) is 4.98 Å². The van der Waals surface area contributed by atoms with Crippen LogP contribution >= 0.6 is 22.6 Å². The largest absolute Gasteiger partial charge is 0.446 e. The molecule has 0 fully saturated rings. The van der Waals surface area contributed by atoms with Crippen LogP contribution in [0.2, 0.25) is 0 Å². The number of halogens is 2. The Labute approximate surface area is 65.6 Å². The fourth-order valence-corrected chi connectivity index (χ4v) is 0.822. The molecule has 0 N–H and O–H groups in total. The Balaban J connectivity index is 2.74. The molecule has 1 aromatic heterocycles. The molecule has 0 saturated heterocycles. The molecule has 0 bridgehead atoms. The highest BCUT2D eigenvalue weighted by Crippen LogP contribution is 2.06. The normalized spacial score (nSPS) is 10.0. The smallest absolute Gasteiger partial charge is 0.225 e. The minimum Gasteiger partial charge on any atom is -0.446 e. The second kappa shape index (κ2) is 3.14. The monoisotopic (exact) mass is 241 g/mol. The van der Waals surface area contributed by atoms with Crippen LogP contribution in [0, 0.1) is 0 Å². The van der Waals surface area contributed by atoms with Gasteiger partial charge < -0.3 is 4.42 Å². The van der Waals surface area contributed by atoms with Crippen LogP contribution in [0.25, 0.3) is 0 Å². The first kappa shape index (κ1) is 6.98. The van der Waals surface area contributed by atoms with E-state index >= 15 is 0 Å². The van der Waals surface area contributed by atoms with Crippen LogP contribution in [-0.2, 0) is 11.1 Å². The van der Waals surface area contributed by atoms with Crippen LogP contribution in [0.1, 0.15) is 11.6 Å². The summed E-state index contributed by atoms with van der Waals surface area (Å²) in [6.45, 7) is -0.614. The Morgan fingerprint density at radius 3 is 2.89 bits per heavy atom. The number of aromatic nitrogens is 1. The maximum atomic E-state index is 11.7. The highest BCUT2D eigenvalue weighted by molar-refractivity contribution is 14.1. The SMILES string of the molecule is FCc1nc(CI)co1. The first-order valence-electron chi connectivity index (χ1n) is 2.42. The van der Waals surface area contributed by atoms with Crippen LogP contribution < -0.4 is 0 Å². The average molecular weight is 241 g/mol. The van der Waals surface area contributed by atoms with E-state index in [9.17, 15) is 4.39 Å². The number of alkyl halides is 2. The molecule has 0 amide bonds. The first-order chi connectivity index (χ1) is 4.36. The zero-order valence-corrected chi connectivity index (χ0v) is 6.76. The van der Waals surface area contributed by atoms with Gasteiger partial charge in [0, 0.05) is 4.43 Å². The second-order valence-electron chi connectivity index (χ2n) is 1.50. The van der Waals surface area contributed by atoms with Gasteiger partial charge in [-0.15, -0.1) is 0 Å². The van der Waals surface area contributed by atoms with Crippen LogP contribution in [0.15, 0.2) is 10.7 Å². The zero-order valence-electron chi connectivity index (χ0n) is 4.60. The van der Waals surface area contributed by atoms with Gasteiger partial charge >= 0.3 is 0 Å². The molecule has 0 aliphatic rings. The zero-order chi connectivity index (χ0) is 6.69. The van der Waals surface area contributed by atoms with Crippen molar-refractivity contribution < 1.29 is 8.81 Å². The highest BCUT2D eigenvalue weighted by Gasteiger charge is 1.99. The van der Waals surface area contributed by atoms with Crippen LogP contribution in [0.4, 0.5) is 4.39 Å². The molecule has 1 heterocycles. The molecular weight excluding hydrogens is 236 g/mol. The minimum atomic E-state index is -0.614. The van der Waals surface area contributed by atoms with E-state index in [0.717, 1.165) is 10.1 Å². The van der Waals surface area contributed by atoms with E-state index < -0.39 is 6.67 Å². The van der Waals surface area contributed by atoms with Gasteiger partial charge in [0.2, 0.25) is 5.89 Å². The molecule has 4 heteroatoms. The highest BCUT2D eigenvalue weighted by atomic mass is 127. The predicted octanol–water partition coefficient (Wildman–Crippen LogP) is 2.08. The summed E-state index contributed by atoms with van der Waals surface area (Å²) in [4.78, 5) is 3.80. The Hall–Kier alpha value is -0.130. The van der Waals surface area contributed by atoms with Gasteiger partial charge in [-0.3, -0.25) is 0 Å². The minimum absolute atomic E-state index is 0.168. The van der Waals surface area contributed by atoms with Crippen molar-refractivity contribution >= 4 is 22.6 Å². The van der Waals surface area contributed by atoms with E-state index in [1.54, 1.807) is 0 Å². The Morgan fingerprint density at radius 2 is 2.56 bits per heavy atom. The summed E-state index contributed by atoms with van der Waals surface area (Å²) >= 11 is 2.14. The van der Waals surface area contributed by atoms with Gasteiger partial charge in [0.15, 0.2) is 6.67 Å². The van der Waals surface area contributed by atoms with Gasteiger partial charge in [-0.1, -0.05) is 22.6 Å². The summed E-state index contributed by atoms with van der Waals surface area (Å²) in [5.41, 5.74) is 0.795. The molecule has 0 aliphatic carbocycles. The quantitative estimate of drug-likeness (QED) is 0.585. The van der Waals surface area contributed by atoms with E-state index in [0.29, 0.717) is 0 Å². The molecule has 9 heavy (non-hydrogen) atoms. The van der Waals surface area contributed by atoms with Crippen LogP contribution in [0.3, 0.4) is 0 Å². The number of hydrogen-bond donors (Lipinski definition) is 0. The maximum absolute atomic E-state index is 11.7. The van der Waals surface area contributed by atoms with Crippen LogP contribution in [-0.4, -0.2) is 4.98 Å². The summed E-state index contributed by atoms with van der Waals surface area (Å²) in [5.74, 6) is 0.168. The summed E-state index contributed by atoms with van der Waals surface area (Å²) in [6.07, 6.45) is 1.47. The van der Waals surface area contributed by atoms with E-state index in [4.69, 9.17) is 4.42 Å². The summed E-state index contributed by atoms with van der Waals surface area (Å²) < 4.78 is 17.2. The van der Waals surface area contributed by atoms with Gasteiger partial charge in [0.1, 0.15) is 6.26 Å². The molecule has 0 aliphatic heterocycles.